The molecule has 4 nitrogen and oxygen atoms in total. The molecule has 1 fully saturated rings. The molecule has 1 aromatic rings. The van der Waals surface area contributed by atoms with Crippen molar-refractivity contribution >= 4 is 47.2 Å². The van der Waals surface area contributed by atoms with E-state index in [1.807, 2.05) is 6.07 Å². The normalized spacial score (nSPS) is 14.9. The quantitative estimate of drug-likeness (QED) is 0.479. The Bertz CT molecular complexity index is 435. The fraction of sp³-hybridized carbons (Fsp3) is 0.417. The Morgan fingerprint density at radius 1 is 1.56 bits per heavy atom. The molecule has 0 aliphatic heterocycles. The van der Waals surface area contributed by atoms with Crippen LogP contribution >= 0.6 is 35.6 Å². The molecule has 0 atom stereocenters. The molecule has 0 amide bonds. The standard InChI is InChI=1S/C12H16ClN3O.HI/c1-17-11-5-4-9(6-10(11)13)16-12(14)15-7-8-2-3-8;/h4-6,8H,2-3,7H2,1H3,(H3,14,15,16);1H. The fourth-order valence-corrected chi connectivity index (χ4v) is 1.72. The Labute approximate surface area is 129 Å². The zero-order chi connectivity index (χ0) is 12.3. The van der Waals surface area contributed by atoms with Gasteiger partial charge in [-0.3, -0.25) is 4.99 Å². The highest BCUT2D eigenvalue weighted by Crippen LogP contribution is 2.29. The Morgan fingerprint density at radius 2 is 2.28 bits per heavy atom. The van der Waals surface area contributed by atoms with E-state index >= 15 is 0 Å². The van der Waals surface area contributed by atoms with Gasteiger partial charge in [-0.25, -0.2) is 0 Å². The van der Waals surface area contributed by atoms with E-state index < -0.39 is 0 Å². The van der Waals surface area contributed by atoms with Crippen LogP contribution in [-0.2, 0) is 0 Å². The third-order valence-electron chi connectivity index (χ3n) is 2.64. The molecule has 2 rings (SSSR count). The Balaban J connectivity index is 0.00000162. The van der Waals surface area contributed by atoms with Gasteiger partial charge in [-0.15, -0.1) is 24.0 Å². The minimum absolute atomic E-state index is 0. The van der Waals surface area contributed by atoms with Crippen molar-refractivity contribution in [3.05, 3.63) is 23.2 Å². The fourth-order valence-electron chi connectivity index (χ4n) is 1.46. The van der Waals surface area contributed by atoms with Crippen molar-refractivity contribution in [2.24, 2.45) is 16.6 Å². The Morgan fingerprint density at radius 3 is 2.83 bits per heavy atom. The van der Waals surface area contributed by atoms with Gasteiger partial charge in [0, 0.05) is 12.2 Å². The van der Waals surface area contributed by atoms with Gasteiger partial charge in [-0.2, -0.15) is 0 Å². The molecule has 0 aromatic heterocycles. The summed E-state index contributed by atoms with van der Waals surface area (Å²) in [4.78, 5) is 4.26. The van der Waals surface area contributed by atoms with Crippen LogP contribution in [0.1, 0.15) is 12.8 Å². The summed E-state index contributed by atoms with van der Waals surface area (Å²) in [7, 11) is 1.58. The van der Waals surface area contributed by atoms with Crippen LogP contribution < -0.4 is 15.8 Å². The summed E-state index contributed by atoms with van der Waals surface area (Å²) in [5.41, 5.74) is 6.58. The van der Waals surface area contributed by atoms with Gasteiger partial charge in [-0.1, -0.05) is 11.6 Å². The number of halogens is 2. The molecule has 1 aliphatic carbocycles. The third-order valence-corrected chi connectivity index (χ3v) is 2.94. The van der Waals surface area contributed by atoms with E-state index in [9.17, 15) is 0 Å². The van der Waals surface area contributed by atoms with E-state index in [2.05, 4.69) is 10.3 Å². The number of guanidine groups is 1. The second kappa shape index (κ2) is 7.04. The molecule has 0 radical (unpaired) electrons. The largest absolute Gasteiger partial charge is 0.495 e. The lowest BCUT2D eigenvalue weighted by atomic mass is 10.3. The van der Waals surface area contributed by atoms with Crippen LogP contribution in [0.5, 0.6) is 5.75 Å². The maximum absolute atomic E-state index is 6.00. The zero-order valence-electron chi connectivity index (χ0n) is 10.1. The first-order valence-corrected chi connectivity index (χ1v) is 5.97. The number of methoxy groups -OCH3 is 1. The average molecular weight is 382 g/mol. The van der Waals surface area contributed by atoms with Crippen molar-refractivity contribution in [3.63, 3.8) is 0 Å². The number of rotatable bonds is 4. The average Bonchev–Trinajstić information content (AvgIpc) is 3.10. The first-order valence-electron chi connectivity index (χ1n) is 5.59. The van der Waals surface area contributed by atoms with Gasteiger partial charge >= 0.3 is 0 Å². The van der Waals surface area contributed by atoms with E-state index in [0.29, 0.717) is 16.7 Å². The number of hydrogen-bond donors (Lipinski definition) is 2. The molecule has 0 heterocycles. The first kappa shape index (κ1) is 15.4. The number of ether oxygens (including phenoxy) is 1. The third kappa shape index (κ3) is 4.53. The molecule has 0 spiro atoms. The molecule has 0 unspecified atom stereocenters. The van der Waals surface area contributed by atoms with Crippen LogP contribution in [0, 0.1) is 5.92 Å². The summed E-state index contributed by atoms with van der Waals surface area (Å²) < 4.78 is 5.07. The summed E-state index contributed by atoms with van der Waals surface area (Å²) in [6, 6.07) is 5.41. The van der Waals surface area contributed by atoms with Crippen LogP contribution in [0.2, 0.25) is 5.02 Å². The second-order valence-electron chi connectivity index (χ2n) is 4.14. The van der Waals surface area contributed by atoms with Crippen molar-refractivity contribution in [3.8, 4) is 5.75 Å². The Hall–Kier alpha value is -0.690. The van der Waals surface area contributed by atoms with Crippen molar-refractivity contribution in [1.29, 1.82) is 0 Å². The summed E-state index contributed by atoms with van der Waals surface area (Å²) in [5.74, 6) is 1.80. The summed E-state index contributed by atoms with van der Waals surface area (Å²) in [6.45, 7) is 0.808. The maximum atomic E-state index is 6.00. The molecule has 1 aliphatic rings. The van der Waals surface area contributed by atoms with Crippen molar-refractivity contribution in [2.45, 2.75) is 12.8 Å². The number of nitrogens with zero attached hydrogens (tertiary/aromatic N) is 1. The molecule has 3 N–H and O–H groups in total. The van der Waals surface area contributed by atoms with Gasteiger partial charge in [0.15, 0.2) is 5.96 Å². The second-order valence-corrected chi connectivity index (χ2v) is 4.55. The first-order chi connectivity index (χ1) is 8.19. The minimum Gasteiger partial charge on any atom is -0.495 e. The number of nitrogens with two attached hydrogens (primary N) is 1. The molecular weight excluding hydrogens is 365 g/mol. The number of anilines is 1. The summed E-state index contributed by atoms with van der Waals surface area (Å²) in [6.07, 6.45) is 2.54. The highest BCUT2D eigenvalue weighted by Gasteiger charge is 2.20. The highest BCUT2D eigenvalue weighted by molar-refractivity contribution is 14.0. The smallest absolute Gasteiger partial charge is 0.193 e. The lowest BCUT2D eigenvalue weighted by Gasteiger charge is -2.08. The molecule has 1 saturated carbocycles. The van der Waals surface area contributed by atoms with Crippen LogP contribution in [-0.4, -0.2) is 19.6 Å². The summed E-state index contributed by atoms with van der Waals surface area (Å²) in [5, 5.41) is 3.55. The molecule has 6 heteroatoms. The van der Waals surface area contributed by atoms with Gasteiger partial charge < -0.3 is 15.8 Å². The number of nitrogens with one attached hydrogen (secondary N) is 1. The molecule has 0 bridgehead atoms. The van der Waals surface area contributed by atoms with Crippen LogP contribution in [0.15, 0.2) is 23.2 Å². The lowest BCUT2D eigenvalue weighted by Crippen LogP contribution is -2.23. The molecule has 18 heavy (non-hydrogen) atoms. The van der Waals surface area contributed by atoms with Gasteiger partial charge in [0.1, 0.15) is 5.75 Å². The number of benzene rings is 1. The Kier molecular flexibility index (Phi) is 6.01. The lowest BCUT2D eigenvalue weighted by molar-refractivity contribution is 0.415. The molecule has 0 saturated heterocycles. The topological polar surface area (TPSA) is 59.6 Å². The highest BCUT2D eigenvalue weighted by atomic mass is 127. The maximum Gasteiger partial charge on any atom is 0.193 e. The van der Waals surface area contributed by atoms with Gasteiger partial charge in [-0.05, 0) is 37.0 Å². The van der Waals surface area contributed by atoms with Crippen molar-refractivity contribution in [2.75, 3.05) is 19.0 Å². The van der Waals surface area contributed by atoms with Crippen LogP contribution in [0.4, 0.5) is 5.69 Å². The monoisotopic (exact) mass is 381 g/mol. The van der Waals surface area contributed by atoms with Crippen molar-refractivity contribution in [1.82, 2.24) is 0 Å². The van der Waals surface area contributed by atoms with E-state index in [0.717, 1.165) is 18.2 Å². The zero-order valence-corrected chi connectivity index (χ0v) is 13.2. The van der Waals surface area contributed by atoms with Gasteiger partial charge in [0.05, 0.1) is 12.1 Å². The SMILES string of the molecule is COc1ccc(NC(N)=NCC2CC2)cc1Cl.I. The van der Waals surface area contributed by atoms with Crippen molar-refractivity contribution < 1.29 is 4.74 Å². The van der Waals surface area contributed by atoms with E-state index in [1.54, 1.807) is 19.2 Å². The van der Waals surface area contributed by atoms with E-state index in [1.165, 1.54) is 12.8 Å². The number of hydrogen-bond acceptors (Lipinski definition) is 2. The molecule has 100 valence electrons. The van der Waals surface area contributed by atoms with E-state index in [-0.39, 0.29) is 24.0 Å². The van der Waals surface area contributed by atoms with E-state index in [4.69, 9.17) is 22.1 Å². The van der Waals surface area contributed by atoms with Crippen LogP contribution in [0.3, 0.4) is 0 Å². The molecular formula is C12H17ClIN3O. The predicted octanol–water partition coefficient (Wildman–Crippen LogP) is 3.10. The predicted molar refractivity (Wildman–Crippen MR) is 86.3 cm³/mol. The molecule has 1 aromatic carbocycles. The van der Waals surface area contributed by atoms with Crippen LogP contribution in [0.25, 0.3) is 0 Å². The minimum atomic E-state index is 0. The van der Waals surface area contributed by atoms with Gasteiger partial charge in [0.2, 0.25) is 0 Å². The summed E-state index contributed by atoms with van der Waals surface area (Å²) >= 11 is 6.00. The van der Waals surface area contributed by atoms with Gasteiger partial charge in [0.25, 0.3) is 0 Å². The number of aliphatic imine (C=N–C) groups is 1.